The Bertz CT molecular complexity index is 546. The fourth-order valence-electron chi connectivity index (χ4n) is 2.93. The molecule has 3 rings (SSSR count). The van der Waals surface area contributed by atoms with Gasteiger partial charge in [0.05, 0.1) is 19.3 Å². The van der Waals surface area contributed by atoms with Crippen molar-refractivity contribution in [3.8, 4) is 5.75 Å². The van der Waals surface area contributed by atoms with E-state index in [4.69, 9.17) is 14.2 Å². The van der Waals surface area contributed by atoms with Gasteiger partial charge in [0, 0.05) is 24.8 Å². The minimum Gasteiger partial charge on any atom is -0.467 e. The molecule has 21 heavy (non-hydrogen) atoms. The van der Waals surface area contributed by atoms with Gasteiger partial charge in [0.15, 0.2) is 6.79 Å². The van der Waals surface area contributed by atoms with Crippen LogP contribution >= 0.6 is 0 Å². The van der Waals surface area contributed by atoms with Gasteiger partial charge in [-0.3, -0.25) is 4.90 Å². The van der Waals surface area contributed by atoms with Gasteiger partial charge in [-0.1, -0.05) is 6.08 Å². The molecular formula is C16H20FNO3. The van der Waals surface area contributed by atoms with Gasteiger partial charge in [0.1, 0.15) is 11.6 Å². The van der Waals surface area contributed by atoms with E-state index in [2.05, 4.69) is 18.0 Å². The van der Waals surface area contributed by atoms with Crippen molar-refractivity contribution < 1.29 is 18.6 Å². The SMILES string of the molecule is COCOc1ccc(C2=CC3COCC(C2)N3C)c(F)c1. The fourth-order valence-corrected chi connectivity index (χ4v) is 2.93. The van der Waals surface area contributed by atoms with Gasteiger partial charge in [-0.05, 0) is 31.2 Å². The van der Waals surface area contributed by atoms with E-state index in [0.717, 1.165) is 12.0 Å². The number of rotatable bonds is 4. The zero-order valence-corrected chi connectivity index (χ0v) is 12.3. The monoisotopic (exact) mass is 293 g/mol. The highest BCUT2D eigenvalue weighted by Gasteiger charge is 2.32. The number of likely N-dealkylation sites (N-methyl/N-ethyl adjacent to an activating group) is 1. The first-order valence-corrected chi connectivity index (χ1v) is 7.11. The van der Waals surface area contributed by atoms with Crippen LogP contribution in [-0.2, 0) is 9.47 Å². The van der Waals surface area contributed by atoms with Crippen molar-refractivity contribution in [2.45, 2.75) is 18.5 Å². The van der Waals surface area contributed by atoms with Gasteiger partial charge in [0.2, 0.25) is 0 Å². The lowest BCUT2D eigenvalue weighted by Gasteiger charge is -2.42. The van der Waals surface area contributed by atoms with Crippen molar-refractivity contribution in [1.82, 2.24) is 4.90 Å². The van der Waals surface area contributed by atoms with E-state index in [-0.39, 0.29) is 18.7 Å². The maximum Gasteiger partial charge on any atom is 0.188 e. The van der Waals surface area contributed by atoms with Crippen LogP contribution in [0.25, 0.3) is 5.57 Å². The van der Waals surface area contributed by atoms with Crippen LogP contribution in [0.4, 0.5) is 4.39 Å². The molecular weight excluding hydrogens is 273 g/mol. The first kappa shape index (κ1) is 14.5. The van der Waals surface area contributed by atoms with Gasteiger partial charge in [-0.15, -0.1) is 0 Å². The maximum atomic E-state index is 14.3. The Morgan fingerprint density at radius 1 is 1.38 bits per heavy atom. The molecule has 0 spiro atoms. The summed E-state index contributed by atoms with van der Waals surface area (Å²) in [5.74, 6) is 0.230. The zero-order chi connectivity index (χ0) is 14.8. The smallest absolute Gasteiger partial charge is 0.188 e. The molecule has 1 fully saturated rings. The number of halogens is 1. The third-order valence-corrected chi connectivity index (χ3v) is 4.18. The number of hydrogen-bond acceptors (Lipinski definition) is 4. The van der Waals surface area contributed by atoms with Crippen molar-refractivity contribution >= 4 is 5.57 Å². The summed E-state index contributed by atoms with van der Waals surface area (Å²) >= 11 is 0. The Morgan fingerprint density at radius 3 is 2.95 bits per heavy atom. The number of nitrogens with zero attached hydrogens (tertiary/aromatic N) is 1. The number of ether oxygens (including phenoxy) is 3. The number of hydrogen-bond donors (Lipinski definition) is 0. The summed E-state index contributed by atoms with van der Waals surface area (Å²) in [7, 11) is 3.64. The zero-order valence-electron chi connectivity index (χ0n) is 12.3. The first-order chi connectivity index (χ1) is 10.2. The number of fused-ring (bicyclic) bond motifs is 2. The van der Waals surface area contributed by atoms with Crippen LogP contribution in [0.3, 0.4) is 0 Å². The molecule has 2 aliphatic rings. The van der Waals surface area contributed by atoms with E-state index < -0.39 is 0 Å². The second kappa shape index (κ2) is 6.13. The van der Waals surface area contributed by atoms with Crippen molar-refractivity contribution in [3.05, 3.63) is 35.7 Å². The second-order valence-corrected chi connectivity index (χ2v) is 5.51. The summed E-state index contributed by atoms with van der Waals surface area (Å²) in [6.07, 6.45) is 2.92. The lowest BCUT2D eigenvalue weighted by atomic mass is 9.90. The molecule has 2 atom stereocenters. The molecule has 1 aromatic carbocycles. The summed E-state index contributed by atoms with van der Waals surface area (Å²) in [6, 6.07) is 5.54. The van der Waals surface area contributed by atoms with E-state index in [9.17, 15) is 4.39 Å². The average Bonchev–Trinajstić information content (AvgIpc) is 2.45. The van der Waals surface area contributed by atoms with E-state index in [1.165, 1.54) is 13.2 Å². The van der Waals surface area contributed by atoms with Crippen molar-refractivity contribution in [3.63, 3.8) is 0 Å². The topological polar surface area (TPSA) is 30.9 Å². The van der Waals surface area contributed by atoms with Crippen molar-refractivity contribution in [1.29, 1.82) is 0 Å². The summed E-state index contributed by atoms with van der Waals surface area (Å²) < 4.78 is 30.0. The highest BCUT2D eigenvalue weighted by Crippen LogP contribution is 2.33. The molecule has 0 aromatic heterocycles. The van der Waals surface area contributed by atoms with E-state index in [0.29, 0.717) is 30.6 Å². The standard InChI is InChI=1S/C16H20FNO3/c1-18-12-5-11(6-13(18)9-20-8-12)15-4-3-14(7-16(15)17)21-10-19-2/h3-5,7,12-13H,6,8-10H2,1-2H3. The molecule has 0 N–H and O–H groups in total. The van der Waals surface area contributed by atoms with Gasteiger partial charge in [0.25, 0.3) is 0 Å². The van der Waals surface area contributed by atoms with Crippen molar-refractivity contribution in [2.75, 3.05) is 34.2 Å². The van der Waals surface area contributed by atoms with Gasteiger partial charge < -0.3 is 14.2 Å². The first-order valence-electron chi connectivity index (χ1n) is 7.11. The molecule has 2 aliphatic heterocycles. The molecule has 1 aromatic rings. The predicted molar refractivity (Wildman–Crippen MR) is 77.7 cm³/mol. The largest absolute Gasteiger partial charge is 0.467 e. The average molecular weight is 293 g/mol. The lowest BCUT2D eigenvalue weighted by Crippen LogP contribution is -2.51. The minimum atomic E-state index is -0.251. The molecule has 0 aliphatic carbocycles. The van der Waals surface area contributed by atoms with Crippen molar-refractivity contribution in [2.24, 2.45) is 0 Å². The molecule has 0 amide bonds. The Labute approximate surface area is 124 Å². The van der Waals surface area contributed by atoms with E-state index in [1.807, 2.05) is 0 Å². The fraction of sp³-hybridized carbons (Fsp3) is 0.500. The number of benzene rings is 1. The molecule has 114 valence electrons. The van der Waals surface area contributed by atoms with E-state index in [1.54, 1.807) is 12.1 Å². The summed E-state index contributed by atoms with van der Waals surface area (Å²) in [6.45, 7) is 1.50. The minimum absolute atomic E-state index is 0.119. The maximum absolute atomic E-state index is 14.3. The molecule has 0 radical (unpaired) electrons. The van der Waals surface area contributed by atoms with Crippen LogP contribution in [-0.4, -0.2) is 51.1 Å². The lowest BCUT2D eigenvalue weighted by molar-refractivity contribution is -0.0222. The van der Waals surface area contributed by atoms with Gasteiger partial charge in [-0.2, -0.15) is 0 Å². The van der Waals surface area contributed by atoms with Crippen LogP contribution in [0.1, 0.15) is 12.0 Å². The highest BCUT2D eigenvalue weighted by atomic mass is 19.1. The molecule has 1 saturated heterocycles. The Balaban J connectivity index is 1.83. The van der Waals surface area contributed by atoms with E-state index >= 15 is 0 Å². The third kappa shape index (κ3) is 2.95. The van der Waals surface area contributed by atoms with Crippen LogP contribution in [0, 0.1) is 5.82 Å². The van der Waals surface area contributed by atoms with Crippen LogP contribution in [0.5, 0.6) is 5.75 Å². The molecule has 4 nitrogen and oxygen atoms in total. The second-order valence-electron chi connectivity index (χ2n) is 5.51. The number of methoxy groups -OCH3 is 1. The Kier molecular flexibility index (Phi) is 4.24. The molecule has 0 saturated carbocycles. The number of morpholine rings is 1. The van der Waals surface area contributed by atoms with Gasteiger partial charge >= 0.3 is 0 Å². The third-order valence-electron chi connectivity index (χ3n) is 4.18. The molecule has 5 heteroatoms. The highest BCUT2D eigenvalue weighted by molar-refractivity contribution is 5.68. The Morgan fingerprint density at radius 2 is 2.24 bits per heavy atom. The summed E-state index contributed by atoms with van der Waals surface area (Å²) in [5, 5.41) is 0. The van der Waals surface area contributed by atoms with Crippen LogP contribution < -0.4 is 4.74 Å². The summed E-state index contributed by atoms with van der Waals surface area (Å²) in [5.41, 5.74) is 1.71. The quantitative estimate of drug-likeness (QED) is 0.797. The molecule has 2 bridgehead atoms. The molecule has 2 unspecified atom stereocenters. The Hall–Kier alpha value is -1.43. The van der Waals surface area contributed by atoms with Crippen LogP contribution in [0.2, 0.25) is 0 Å². The molecule has 2 heterocycles. The van der Waals surface area contributed by atoms with Gasteiger partial charge in [-0.25, -0.2) is 4.39 Å². The normalized spacial score (nSPS) is 25.6. The summed E-state index contributed by atoms with van der Waals surface area (Å²) in [4.78, 5) is 2.31. The van der Waals surface area contributed by atoms with Crippen LogP contribution in [0.15, 0.2) is 24.3 Å². The predicted octanol–water partition coefficient (Wildman–Crippen LogP) is 2.29.